The monoisotopic (exact) mass is 145 g/mol. The van der Waals surface area contributed by atoms with E-state index in [1.807, 2.05) is 0 Å². The van der Waals surface area contributed by atoms with Crippen molar-refractivity contribution in [3.63, 3.8) is 0 Å². The van der Waals surface area contributed by atoms with Crippen molar-refractivity contribution >= 4 is 8.32 Å². The van der Waals surface area contributed by atoms with E-state index in [1.54, 1.807) is 0 Å². The summed E-state index contributed by atoms with van der Waals surface area (Å²) in [6.07, 6.45) is 1.14. The van der Waals surface area contributed by atoms with Crippen molar-refractivity contribution in [2.24, 2.45) is 0 Å². The average molecular weight is 145 g/mol. The second-order valence-corrected chi connectivity index (χ2v) is 6.55. The zero-order valence-electron chi connectivity index (χ0n) is 6.90. The molecule has 0 bridgehead atoms. The average Bonchev–Trinajstić information content (AvgIpc) is 1.64. The lowest BCUT2D eigenvalue weighted by molar-refractivity contribution is 0.334. The van der Waals surface area contributed by atoms with Crippen LogP contribution in [0, 0.1) is 6.04 Å². The highest BCUT2D eigenvalue weighted by molar-refractivity contribution is 6.74. The van der Waals surface area contributed by atoms with E-state index in [9.17, 15) is 0 Å². The van der Waals surface area contributed by atoms with Gasteiger partial charge in [0.2, 0.25) is 0 Å². The van der Waals surface area contributed by atoms with Crippen LogP contribution in [0.25, 0.3) is 0 Å². The van der Waals surface area contributed by atoms with E-state index in [0.717, 1.165) is 13.0 Å². The fourth-order valence-electron chi connectivity index (χ4n) is 0.923. The van der Waals surface area contributed by atoms with Gasteiger partial charge in [-0.25, -0.2) is 0 Å². The topological polar surface area (TPSA) is 9.23 Å². The number of hydrogen-bond donors (Lipinski definition) is 0. The Kier molecular flexibility index (Phi) is 4.15. The van der Waals surface area contributed by atoms with Crippen molar-refractivity contribution in [3.8, 4) is 0 Å². The van der Waals surface area contributed by atoms with Crippen molar-refractivity contribution in [3.05, 3.63) is 6.04 Å². The Balaban J connectivity index is 3.43. The quantitative estimate of drug-likeness (QED) is 0.552. The first kappa shape index (κ1) is 9.18. The molecule has 1 radical (unpaired) electrons. The van der Waals surface area contributed by atoms with E-state index in [1.165, 1.54) is 0 Å². The molecule has 0 rings (SSSR count). The number of rotatable bonds is 4. The van der Waals surface area contributed by atoms with Gasteiger partial charge in [-0.05, 0) is 26.1 Å². The Morgan fingerprint density at radius 2 is 1.89 bits per heavy atom. The van der Waals surface area contributed by atoms with Gasteiger partial charge in [-0.15, -0.1) is 0 Å². The summed E-state index contributed by atoms with van der Waals surface area (Å²) in [4.78, 5) is 0. The maximum absolute atomic E-state index is 5.55. The summed E-state index contributed by atoms with van der Waals surface area (Å²) < 4.78 is 5.55. The maximum Gasteiger partial charge on any atom is 0.189 e. The minimum absolute atomic E-state index is 0.857. The zero-order valence-corrected chi connectivity index (χ0v) is 7.90. The lowest BCUT2D eigenvalue weighted by atomic mass is 10.6. The van der Waals surface area contributed by atoms with E-state index in [2.05, 4.69) is 33.0 Å². The van der Waals surface area contributed by atoms with Crippen LogP contribution in [-0.4, -0.2) is 14.9 Å². The van der Waals surface area contributed by atoms with Gasteiger partial charge >= 0.3 is 0 Å². The third kappa shape index (κ3) is 4.67. The zero-order chi connectivity index (χ0) is 7.33. The summed E-state index contributed by atoms with van der Waals surface area (Å²) in [6.45, 7) is 9.52. The minimum atomic E-state index is -1.33. The van der Waals surface area contributed by atoms with Gasteiger partial charge in [0.05, 0.1) is 0 Å². The van der Waals surface area contributed by atoms with Crippen LogP contribution in [-0.2, 0) is 4.43 Å². The largest absolute Gasteiger partial charge is 0.417 e. The van der Waals surface area contributed by atoms with Crippen molar-refractivity contribution in [2.75, 3.05) is 6.61 Å². The van der Waals surface area contributed by atoms with Crippen LogP contribution < -0.4 is 0 Å². The molecule has 2 heteroatoms. The van der Waals surface area contributed by atoms with Crippen LogP contribution in [0.4, 0.5) is 0 Å². The predicted molar refractivity (Wildman–Crippen MR) is 43.7 cm³/mol. The summed E-state index contributed by atoms with van der Waals surface area (Å²) in [5.74, 6) is 0. The standard InChI is InChI=1S/C7H17OSi/c1-5-7-9(3,4)8-6-2/h7H,5-6H2,1-4H3. The molecule has 0 heterocycles. The molecule has 1 nitrogen and oxygen atoms in total. The summed E-state index contributed by atoms with van der Waals surface area (Å²) in [5, 5.41) is 0. The van der Waals surface area contributed by atoms with Crippen molar-refractivity contribution in [2.45, 2.75) is 33.4 Å². The number of hydrogen-bond acceptors (Lipinski definition) is 1. The molecular formula is C7H17OSi. The molecule has 0 aromatic carbocycles. The Bertz CT molecular complexity index is 63.3. The van der Waals surface area contributed by atoms with Gasteiger partial charge in [-0.3, -0.25) is 0 Å². The second-order valence-electron chi connectivity index (χ2n) is 2.65. The predicted octanol–water partition coefficient (Wildman–Crippen LogP) is 2.38. The van der Waals surface area contributed by atoms with Gasteiger partial charge < -0.3 is 4.43 Å². The van der Waals surface area contributed by atoms with Crippen molar-refractivity contribution < 1.29 is 4.43 Å². The molecule has 0 spiro atoms. The van der Waals surface area contributed by atoms with Gasteiger partial charge in [-0.2, -0.15) is 0 Å². The molecule has 9 heavy (non-hydrogen) atoms. The molecule has 0 unspecified atom stereocenters. The lowest BCUT2D eigenvalue weighted by Crippen LogP contribution is -2.31. The molecular weight excluding hydrogens is 128 g/mol. The van der Waals surface area contributed by atoms with E-state index >= 15 is 0 Å². The minimum Gasteiger partial charge on any atom is -0.417 e. The second kappa shape index (κ2) is 4.07. The molecule has 0 amide bonds. The van der Waals surface area contributed by atoms with Crippen LogP contribution in [0.15, 0.2) is 0 Å². The molecule has 0 aliphatic carbocycles. The highest BCUT2D eigenvalue weighted by atomic mass is 28.4. The van der Waals surface area contributed by atoms with Gasteiger partial charge in [-0.1, -0.05) is 13.3 Å². The summed E-state index contributed by atoms with van der Waals surface area (Å²) in [5.41, 5.74) is 0. The lowest BCUT2D eigenvalue weighted by Gasteiger charge is -2.20. The third-order valence-electron chi connectivity index (χ3n) is 1.21. The van der Waals surface area contributed by atoms with Crippen LogP contribution in [0.2, 0.25) is 13.1 Å². The van der Waals surface area contributed by atoms with Crippen LogP contribution in [0.1, 0.15) is 20.3 Å². The Labute approximate surface area is 59.5 Å². The van der Waals surface area contributed by atoms with Gasteiger partial charge in [0.1, 0.15) is 0 Å². The smallest absolute Gasteiger partial charge is 0.189 e. The third-order valence-corrected chi connectivity index (χ3v) is 3.64. The van der Waals surface area contributed by atoms with Gasteiger partial charge in [0, 0.05) is 6.61 Å². The Hall–Kier alpha value is 0.177. The summed E-state index contributed by atoms with van der Waals surface area (Å²) in [6, 6.07) is 2.32. The first-order chi connectivity index (χ1) is 4.12. The maximum atomic E-state index is 5.55. The van der Waals surface area contributed by atoms with Gasteiger partial charge in [0.25, 0.3) is 0 Å². The fourth-order valence-corrected chi connectivity index (χ4v) is 2.77. The Morgan fingerprint density at radius 3 is 2.22 bits per heavy atom. The van der Waals surface area contributed by atoms with Crippen LogP contribution >= 0.6 is 0 Å². The van der Waals surface area contributed by atoms with E-state index in [-0.39, 0.29) is 0 Å². The van der Waals surface area contributed by atoms with E-state index in [4.69, 9.17) is 4.43 Å². The molecule has 0 saturated heterocycles. The summed E-state index contributed by atoms with van der Waals surface area (Å²) >= 11 is 0. The molecule has 0 N–H and O–H groups in total. The van der Waals surface area contributed by atoms with Crippen LogP contribution in [0.3, 0.4) is 0 Å². The molecule has 0 aromatic rings. The van der Waals surface area contributed by atoms with Gasteiger partial charge in [0.15, 0.2) is 8.32 Å². The van der Waals surface area contributed by atoms with E-state index in [0.29, 0.717) is 0 Å². The first-order valence-electron chi connectivity index (χ1n) is 3.60. The van der Waals surface area contributed by atoms with Crippen molar-refractivity contribution in [1.82, 2.24) is 0 Å². The fraction of sp³-hybridized carbons (Fsp3) is 0.857. The molecule has 0 fully saturated rings. The molecule has 0 saturated carbocycles. The normalized spacial score (nSPS) is 12.0. The Morgan fingerprint density at radius 1 is 1.33 bits per heavy atom. The van der Waals surface area contributed by atoms with Crippen molar-refractivity contribution in [1.29, 1.82) is 0 Å². The first-order valence-corrected chi connectivity index (χ1v) is 6.59. The molecule has 55 valence electrons. The summed E-state index contributed by atoms with van der Waals surface area (Å²) in [7, 11) is -1.33. The molecule has 0 aliphatic heterocycles. The SMILES string of the molecule is CC[CH][Si](C)(C)OCC. The molecule has 0 aliphatic rings. The highest BCUT2D eigenvalue weighted by Crippen LogP contribution is 2.09. The van der Waals surface area contributed by atoms with Crippen LogP contribution in [0.5, 0.6) is 0 Å². The van der Waals surface area contributed by atoms with E-state index < -0.39 is 8.32 Å². The molecule has 0 aromatic heterocycles. The highest BCUT2D eigenvalue weighted by Gasteiger charge is 2.19. The molecule has 0 atom stereocenters.